The van der Waals surface area contributed by atoms with E-state index in [1.165, 1.54) is 30.8 Å². The Hall–Kier alpha value is -2.69. The van der Waals surface area contributed by atoms with Crippen molar-refractivity contribution in [2.75, 3.05) is 26.1 Å². The summed E-state index contributed by atoms with van der Waals surface area (Å²) in [5.74, 6) is 2.09. The number of nitrogens with zero attached hydrogens (tertiary/aromatic N) is 2. The molecule has 0 amide bonds. The Morgan fingerprint density at radius 3 is 2.50 bits per heavy atom. The highest BCUT2D eigenvalue weighted by Gasteiger charge is 2.16. The largest absolute Gasteiger partial charge is 0.497 e. The van der Waals surface area contributed by atoms with E-state index in [0.717, 1.165) is 11.3 Å². The first-order chi connectivity index (χ1) is 14.4. The van der Waals surface area contributed by atoms with Crippen LogP contribution in [0.4, 0.5) is 5.13 Å². The summed E-state index contributed by atoms with van der Waals surface area (Å²) in [6.07, 6.45) is 0.591. The second-order valence-electron chi connectivity index (χ2n) is 6.62. The topological polar surface area (TPSA) is 102 Å². The third-order valence-corrected chi connectivity index (χ3v) is 6.41. The van der Waals surface area contributed by atoms with Crippen molar-refractivity contribution in [1.29, 1.82) is 0 Å². The van der Waals surface area contributed by atoms with Crippen molar-refractivity contribution < 1.29 is 17.9 Å². The molecule has 0 spiro atoms. The van der Waals surface area contributed by atoms with E-state index < -0.39 is 10.0 Å². The van der Waals surface area contributed by atoms with Crippen LogP contribution in [-0.2, 0) is 16.4 Å². The zero-order valence-corrected chi connectivity index (χ0v) is 18.6. The van der Waals surface area contributed by atoms with Gasteiger partial charge in [-0.05, 0) is 48.9 Å². The Kier molecular flexibility index (Phi) is 7.24. The quantitative estimate of drug-likeness (QED) is 0.492. The minimum Gasteiger partial charge on any atom is -0.497 e. The third kappa shape index (κ3) is 5.91. The lowest BCUT2D eigenvalue weighted by Gasteiger charge is -2.14. The van der Waals surface area contributed by atoms with Gasteiger partial charge in [-0.2, -0.15) is 4.37 Å². The van der Waals surface area contributed by atoms with Gasteiger partial charge in [-0.3, -0.25) is 0 Å². The van der Waals surface area contributed by atoms with Crippen LogP contribution in [0.5, 0.6) is 11.5 Å². The van der Waals surface area contributed by atoms with Crippen molar-refractivity contribution in [2.24, 2.45) is 0 Å². The molecule has 3 rings (SSSR count). The first kappa shape index (κ1) is 22.0. The van der Waals surface area contributed by atoms with Crippen LogP contribution in [0.15, 0.2) is 53.4 Å². The van der Waals surface area contributed by atoms with Gasteiger partial charge in [-0.15, -0.1) is 0 Å². The zero-order valence-electron chi connectivity index (χ0n) is 17.0. The van der Waals surface area contributed by atoms with Gasteiger partial charge in [0.1, 0.15) is 17.3 Å². The Labute approximate surface area is 180 Å². The number of hydrogen-bond donors (Lipinski definition) is 2. The minimum absolute atomic E-state index is 0.171. The van der Waals surface area contributed by atoms with Gasteiger partial charge in [-0.1, -0.05) is 12.1 Å². The summed E-state index contributed by atoms with van der Waals surface area (Å²) in [7, 11) is -0.441. The fourth-order valence-corrected chi connectivity index (χ4v) is 4.51. The van der Waals surface area contributed by atoms with E-state index in [4.69, 9.17) is 9.47 Å². The molecule has 0 radical (unpaired) electrons. The van der Waals surface area contributed by atoms with Crippen LogP contribution in [0.2, 0.25) is 0 Å². The Bertz CT molecular complexity index is 1070. The number of rotatable bonds is 10. The highest BCUT2D eigenvalue weighted by molar-refractivity contribution is 7.89. The van der Waals surface area contributed by atoms with Crippen molar-refractivity contribution in [1.82, 2.24) is 14.1 Å². The molecular weight excluding hydrogens is 424 g/mol. The summed E-state index contributed by atoms with van der Waals surface area (Å²) in [6.45, 7) is 2.08. The lowest BCUT2D eigenvalue weighted by atomic mass is 10.1. The first-order valence-corrected chi connectivity index (χ1v) is 11.5. The van der Waals surface area contributed by atoms with E-state index in [1.807, 2.05) is 31.2 Å². The Balaban J connectivity index is 1.54. The lowest BCUT2D eigenvalue weighted by molar-refractivity contribution is 0.414. The van der Waals surface area contributed by atoms with Gasteiger partial charge in [-0.25, -0.2) is 18.1 Å². The monoisotopic (exact) mass is 448 g/mol. The summed E-state index contributed by atoms with van der Waals surface area (Å²) < 4.78 is 42.1. The highest BCUT2D eigenvalue weighted by atomic mass is 32.2. The highest BCUT2D eigenvalue weighted by Crippen LogP contribution is 2.19. The molecule has 160 valence electrons. The summed E-state index contributed by atoms with van der Waals surface area (Å²) >= 11 is 1.25. The number of hydrogen-bond acceptors (Lipinski definition) is 8. The van der Waals surface area contributed by atoms with Crippen LogP contribution < -0.4 is 19.5 Å². The smallest absolute Gasteiger partial charge is 0.240 e. The second-order valence-corrected chi connectivity index (χ2v) is 9.14. The number of ether oxygens (including phenoxy) is 2. The molecule has 1 aromatic heterocycles. The predicted molar refractivity (Wildman–Crippen MR) is 117 cm³/mol. The van der Waals surface area contributed by atoms with Gasteiger partial charge in [0.2, 0.25) is 15.2 Å². The lowest BCUT2D eigenvalue weighted by Crippen LogP contribution is -2.34. The normalized spacial score (nSPS) is 12.4. The average molecular weight is 449 g/mol. The summed E-state index contributed by atoms with van der Waals surface area (Å²) in [5.41, 5.74) is 1.05. The number of nitrogens with one attached hydrogen (secondary N) is 2. The van der Waals surface area contributed by atoms with E-state index in [1.54, 1.807) is 19.2 Å². The predicted octanol–water partition coefficient (Wildman–Crippen LogP) is 2.93. The van der Waals surface area contributed by atoms with Crippen LogP contribution in [0.3, 0.4) is 0 Å². The van der Waals surface area contributed by atoms with E-state index in [0.29, 0.717) is 23.1 Å². The van der Waals surface area contributed by atoms with Crippen LogP contribution in [-0.4, -0.2) is 44.6 Å². The van der Waals surface area contributed by atoms with Gasteiger partial charge < -0.3 is 14.8 Å². The first-order valence-electron chi connectivity index (χ1n) is 9.25. The van der Waals surface area contributed by atoms with Gasteiger partial charge in [0, 0.05) is 30.5 Å². The number of sulfonamides is 1. The molecule has 8 nitrogen and oxygen atoms in total. The number of benzene rings is 2. The molecule has 0 fully saturated rings. The van der Waals surface area contributed by atoms with Crippen LogP contribution in [0, 0.1) is 0 Å². The number of methoxy groups -OCH3 is 2. The van der Waals surface area contributed by atoms with Crippen LogP contribution in [0.25, 0.3) is 0 Å². The van der Waals surface area contributed by atoms with Gasteiger partial charge in [0.05, 0.1) is 19.1 Å². The summed E-state index contributed by atoms with van der Waals surface area (Å²) in [4.78, 5) is 4.67. The standard InChI is InChI=1S/C20H24N4O4S2/c1-14(13-21-30(25,26)18-9-7-16(27-2)8-10-18)22-20-23-19(24-29-20)12-15-5-4-6-17(11-15)28-3/h4-11,14,21H,12-13H2,1-3H3,(H,22,23,24). The molecule has 2 N–H and O–H groups in total. The summed E-state index contributed by atoms with van der Waals surface area (Å²) in [6, 6.07) is 13.8. The SMILES string of the molecule is COc1ccc(S(=O)(=O)NCC(C)Nc2nc(Cc3cccc(OC)c3)ns2)cc1. The van der Waals surface area contributed by atoms with E-state index in [9.17, 15) is 8.42 Å². The Morgan fingerprint density at radius 2 is 1.80 bits per heavy atom. The average Bonchev–Trinajstić information content (AvgIpc) is 3.19. The molecule has 1 atom stereocenters. The molecule has 10 heteroatoms. The fraction of sp³-hybridized carbons (Fsp3) is 0.300. The third-order valence-electron chi connectivity index (χ3n) is 4.28. The van der Waals surface area contributed by atoms with Crippen molar-refractivity contribution in [3.8, 4) is 11.5 Å². The number of aromatic nitrogens is 2. The zero-order chi connectivity index (χ0) is 21.6. The molecular formula is C20H24N4O4S2. The molecule has 3 aromatic rings. The molecule has 0 aliphatic carbocycles. The van der Waals surface area contributed by atoms with Crippen molar-refractivity contribution in [2.45, 2.75) is 24.3 Å². The molecule has 1 unspecified atom stereocenters. The maximum atomic E-state index is 12.4. The number of anilines is 1. The van der Waals surface area contributed by atoms with Crippen molar-refractivity contribution >= 4 is 26.7 Å². The minimum atomic E-state index is -3.60. The Morgan fingerprint density at radius 1 is 1.07 bits per heavy atom. The summed E-state index contributed by atoms with van der Waals surface area (Å²) in [5, 5.41) is 3.83. The van der Waals surface area contributed by atoms with E-state index >= 15 is 0 Å². The van der Waals surface area contributed by atoms with Crippen LogP contribution in [0.1, 0.15) is 18.3 Å². The molecule has 0 saturated heterocycles. The molecule has 0 bridgehead atoms. The molecule has 2 aromatic carbocycles. The van der Waals surface area contributed by atoms with Gasteiger partial charge >= 0.3 is 0 Å². The van der Waals surface area contributed by atoms with Crippen molar-refractivity contribution in [3.05, 3.63) is 59.9 Å². The molecule has 0 saturated carbocycles. The second kappa shape index (κ2) is 9.88. The molecule has 0 aliphatic rings. The van der Waals surface area contributed by atoms with Gasteiger partial charge in [0.15, 0.2) is 0 Å². The van der Waals surface area contributed by atoms with Crippen molar-refractivity contribution in [3.63, 3.8) is 0 Å². The molecule has 1 heterocycles. The maximum absolute atomic E-state index is 12.4. The van der Waals surface area contributed by atoms with E-state index in [-0.39, 0.29) is 17.5 Å². The van der Waals surface area contributed by atoms with E-state index in [2.05, 4.69) is 19.4 Å². The van der Waals surface area contributed by atoms with Crippen LogP contribution >= 0.6 is 11.5 Å². The molecule has 30 heavy (non-hydrogen) atoms. The maximum Gasteiger partial charge on any atom is 0.240 e. The molecule has 0 aliphatic heterocycles. The van der Waals surface area contributed by atoms with Gasteiger partial charge in [0.25, 0.3) is 0 Å². The fourth-order valence-electron chi connectivity index (χ4n) is 2.68.